The van der Waals surface area contributed by atoms with Crippen LogP contribution in [0.25, 0.3) is 0 Å². The zero-order valence-corrected chi connectivity index (χ0v) is 10.3. The van der Waals surface area contributed by atoms with E-state index >= 15 is 0 Å². The fourth-order valence-electron chi connectivity index (χ4n) is 2.10. The van der Waals surface area contributed by atoms with Gasteiger partial charge in [0, 0.05) is 22.3 Å². The minimum Gasteiger partial charge on any atom is -0.330 e. The first-order chi connectivity index (χ1) is 7.74. The monoisotopic (exact) mass is 237 g/mol. The van der Waals surface area contributed by atoms with Gasteiger partial charge in [-0.15, -0.1) is 0 Å². The fourth-order valence-corrected chi connectivity index (χ4v) is 3.88. The molecule has 2 nitrogen and oxygen atoms in total. The minimum atomic E-state index is -0.735. The van der Waals surface area contributed by atoms with Gasteiger partial charge in [-0.25, -0.2) is 0 Å². The molecule has 0 spiro atoms. The highest BCUT2D eigenvalue weighted by Crippen LogP contribution is 2.49. The number of nitrogens with two attached hydrogens (primary N) is 1. The summed E-state index contributed by atoms with van der Waals surface area (Å²) >= 11 is 0. The van der Waals surface area contributed by atoms with E-state index in [0.29, 0.717) is 11.2 Å². The summed E-state index contributed by atoms with van der Waals surface area (Å²) in [5.41, 5.74) is 7.08. The molecular weight excluding hydrogens is 218 g/mol. The van der Waals surface area contributed by atoms with Crippen molar-refractivity contribution in [1.82, 2.24) is 0 Å². The van der Waals surface area contributed by atoms with Gasteiger partial charge in [-0.3, -0.25) is 4.21 Å². The Hall–Kier alpha value is -0.670. The second-order valence-electron chi connectivity index (χ2n) is 4.75. The number of hydrogen-bond donors (Lipinski definition) is 1. The standard InChI is InChI=1S/C13H19NOS/c14-9-8-13(6-7-13)11-16(15)10-12-4-2-1-3-5-12/h1-5H,6-11,14H2. The van der Waals surface area contributed by atoms with E-state index in [1.54, 1.807) is 0 Å². The Balaban J connectivity index is 1.85. The van der Waals surface area contributed by atoms with Gasteiger partial charge in [-0.2, -0.15) is 0 Å². The van der Waals surface area contributed by atoms with Crippen LogP contribution in [-0.2, 0) is 16.6 Å². The number of rotatable bonds is 6. The summed E-state index contributed by atoms with van der Waals surface area (Å²) in [6, 6.07) is 10.1. The van der Waals surface area contributed by atoms with E-state index in [-0.39, 0.29) is 0 Å². The molecule has 1 aliphatic rings. The van der Waals surface area contributed by atoms with E-state index in [1.165, 1.54) is 18.4 Å². The molecule has 1 aliphatic carbocycles. The molecular formula is C13H19NOS. The smallest absolute Gasteiger partial charge is 0.0485 e. The van der Waals surface area contributed by atoms with Crippen molar-refractivity contribution in [2.45, 2.75) is 25.0 Å². The molecule has 3 heteroatoms. The quantitative estimate of drug-likeness (QED) is 0.823. The first-order valence-corrected chi connectivity index (χ1v) is 7.32. The van der Waals surface area contributed by atoms with E-state index in [1.807, 2.05) is 30.3 Å². The van der Waals surface area contributed by atoms with Crippen molar-refractivity contribution >= 4 is 10.8 Å². The van der Waals surface area contributed by atoms with Crippen LogP contribution in [0.4, 0.5) is 0 Å². The van der Waals surface area contributed by atoms with Crippen molar-refractivity contribution in [3.05, 3.63) is 35.9 Å². The van der Waals surface area contributed by atoms with Crippen LogP contribution in [0.2, 0.25) is 0 Å². The molecule has 0 heterocycles. The molecule has 0 radical (unpaired) electrons. The molecule has 0 amide bonds. The zero-order chi connectivity index (χ0) is 11.4. The van der Waals surface area contributed by atoms with Crippen LogP contribution in [-0.4, -0.2) is 16.5 Å². The van der Waals surface area contributed by atoms with Crippen molar-refractivity contribution in [1.29, 1.82) is 0 Å². The lowest BCUT2D eigenvalue weighted by molar-refractivity contribution is 0.529. The third-order valence-electron chi connectivity index (χ3n) is 3.27. The van der Waals surface area contributed by atoms with Crippen LogP contribution in [0.15, 0.2) is 30.3 Å². The Kier molecular flexibility index (Phi) is 3.77. The predicted octanol–water partition coefficient (Wildman–Crippen LogP) is 2.06. The van der Waals surface area contributed by atoms with Crippen LogP contribution in [0.5, 0.6) is 0 Å². The lowest BCUT2D eigenvalue weighted by Gasteiger charge is -2.13. The Morgan fingerprint density at radius 1 is 1.25 bits per heavy atom. The van der Waals surface area contributed by atoms with Crippen molar-refractivity contribution < 1.29 is 4.21 Å². The Bertz CT molecular complexity index is 359. The second kappa shape index (κ2) is 5.11. The van der Waals surface area contributed by atoms with Crippen molar-refractivity contribution in [3.8, 4) is 0 Å². The molecule has 0 aliphatic heterocycles. The highest BCUT2D eigenvalue weighted by molar-refractivity contribution is 7.84. The van der Waals surface area contributed by atoms with Gasteiger partial charge in [0.15, 0.2) is 0 Å². The first kappa shape index (κ1) is 11.8. The Morgan fingerprint density at radius 3 is 2.50 bits per heavy atom. The van der Waals surface area contributed by atoms with Gasteiger partial charge in [0.05, 0.1) is 0 Å². The van der Waals surface area contributed by atoms with E-state index in [9.17, 15) is 4.21 Å². The van der Waals surface area contributed by atoms with Gasteiger partial charge >= 0.3 is 0 Å². The average Bonchev–Trinajstić information content (AvgIpc) is 2.99. The summed E-state index contributed by atoms with van der Waals surface area (Å²) < 4.78 is 12.0. The molecule has 2 N–H and O–H groups in total. The van der Waals surface area contributed by atoms with E-state index in [4.69, 9.17) is 5.73 Å². The Labute approximate surface area is 99.7 Å². The lowest BCUT2D eigenvalue weighted by Crippen LogP contribution is -2.17. The number of hydrogen-bond acceptors (Lipinski definition) is 2. The van der Waals surface area contributed by atoms with Gasteiger partial charge < -0.3 is 5.73 Å². The molecule has 0 bridgehead atoms. The fraction of sp³-hybridized carbons (Fsp3) is 0.538. The summed E-state index contributed by atoms with van der Waals surface area (Å²) in [7, 11) is -0.735. The highest BCUT2D eigenvalue weighted by atomic mass is 32.2. The molecule has 1 unspecified atom stereocenters. The van der Waals surface area contributed by atoms with Crippen LogP contribution in [0.3, 0.4) is 0 Å². The summed E-state index contributed by atoms with van der Waals surface area (Å²) in [5.74, 6) is 1.52. The average molecular weight is 237 g/mol. The normalized spacial score (nSPS) is 19.3. The highest BCUT2D eigenvalue weighted by Gasteiger charge is 2.42. The Morgan fingerprint density at radius 2 is 1.94 bits per heavy atom. The molecule has 0 aromatic heterocycles. The topological polar surface area (TPSA) is 43.1 Å². The molecule has 1 fully saturated rings. The predicted molar refractivity (Wildman–Crippen MR) is 68.5 cm³/mol. The number of benzene rings is 1. The van der Waals surface area contributed by atoms with Gasteiger partial charge in [0.1, 0.15) is 0 Å². The van der Waals surface area contributed by atoms with Gasteiger partial charge in [0.2, 0.25) is 0 Å². The van der Waals surface area contributed by atoms with Gasteiger partial charge in [-0.1, -0.05) is 30.3 Å². The second-order valence-corrected chi connectivity index (χ2v) is 6.21. The molecule has 2 rings (SSSR count). The van der Waals surface area contributed by atoms with E-state index in [0.717, 1.165) is 18.7 Å². The molecule has 0 saturated heterocycles. The molecule has 1 saturated carbocycles. The minimum absolute atomic E-state index is 0.328. The molecule has 1 aromatic rings. The van der Waals surface area contributed by atoms with Crippen molar-refractivity contribution in [2.75, 3.05) is 12.3 Å². The maximum Gasteiger partial charge on any atom is 0.0485 e. The third-order valence-corrected chi connectivity index (χ3v) is 4.86. The molecule has 16 heavy (non-hydrogen) atoms. The molecule has 1 atom stereocenters. The van der Waals surface area contributed by atoms with Crippen molar-refractivity contribution in [2.24, 2.45) is 11.1 Å². The third kappa shape index (κ3) is 3.16. The van der Waals surface area contributed by atoms with Crippen LogP contribution >= 0.6 is 0 Å². The van der Waals surface area contributed by atoms with Crippen molar-refractivity contribution in [3.63, 3.8) is 0 Å². The SMILES string of the molecule is NCCC1(CS(=O)Cc2ccccc2)CC1. The lowest BCUT2D eigenvalue weighted by atomic mass is 10.1. The van der Waals surface area contributed by atoms with Crippen LogP contribution in [0, 0.1) is 5.41 Å². The molecule has 1 aromatic carbocycles. The van der Waals surface area contributed by atoms with Crippen LogP contribution < -0.4 is 5.73 Å². The summed E-state index contributed by atoms with van der Waals surface area (Å²) in [4.78, 5) is 0. The maximum atomic E-state index is 12.0. The van der Waals surface area contributed by atoms with E-state index in [2.05, 4.69) is 0 Å². The van der Waals surface area contributed by atoms with Gasteiger partial charge in [0.25, 0.3) is 0 Å². The van der Waals surface area contributed by atoms with Crippen LogP contribution in [0.1, 0.15) is 24.8 Å². The molecule has 88 valence electrons. The largest absolute Gasteiger partial charge is 0.330 e. The van der Waals surface area contributed by atoms with E-state index < -0.39 is 10.8 Å². The summed E-state index contributed by atoms with van der Waals surface area (Å²) in [5, 5.41) is 0. The van der Waals surface area contributed by atoms with Gasteiger partial charge in [-0.05, 0) is 36.8 Å². The first-order valence-electron chi connectivity index (χ1n) is 5.83. The summed E-state index contributed by atoms with van der Waals surface area (Å²) in [6.07, 6.45) is 3.46. The summed E-state index contributed by atoms with van der Waals surface area (Å²) in [6.45, 7) is 0.725. The zero-order valence-electron chi connectivity index (χ0n) is 9.52. The maximum absolute atomic E-state index is 12.0.